The number of pyridine rings is 1. The average Bonchev–Trinajstić information content (AvgIpc) is 3.18. The first-order valence-electron chi connectivity index (χ1n) is 7.38. The lowest BCUT2D eigenvalue weighted by molar-refractivity contribution is 0.122. The molecule has 4 aromatic heterocycles. The van der Waals surface area contributed by atoms with E-state index in [0.29, 0.717) is 28.2 Å². The Morgan fingerprint density at radius 1 is 1.24 bits per heavy atom. The Hall–Kier alpha value is -3.37. The zero-order valence-electron chi connectivity index (χ0n) is 13.1. The molecular formula is C14H13F2N9. The number of aromatic nitrogens is 7. The molecule has 0 aromatic carbocycles. The molecule has 25 heavy (non-hydrogen) atoms. The Morgan fingerprint density at radius 2 is 2.08 bits per heavy atom. The molecule has 4 rings (SSSR count). The molecule has 0 atom stereocenters. The molecule has 3 N–H and O–H groups in total. The Morgan fingerprint density at radius 3 is 2.84 bits per heavy atom. The lowest BCUT2D eigenvalue weighted by Gasteiger charge is -2.06. The Bertz CT molecular complexity index is 1070. The number of alkyl halides is 2. The molecule has 0 radical (unpaired) electrons. The standard InChI is InChI=1S/C14H13F2N9/c1-18-14-20-12(17)11-7(4-5-24(11)22-14)8-2-3-9-13(19-8)25(23-21-9)6-10(15)16/h2-5,10H,6H2,1H3,(H3,17,18,20,22). The number of nitrogen functional groups attached to an aromatic ring is 1. The van der Waals surface area contributed by atoms with E-state index in [1.165, 1.54) is 0 Å². The van der Waals surface area contributed by atoms with Crippen molar-refractivity contribution in [2.45, 2.75) is 13.0 Å². The molecule has 11 heteroatoms. The van der Waals surface area contributed by atoms with Gasteiger partial charge in [-0.15, -0.1) is 10.2 Å². The maximum absolute atomic E-state index is 12.7. The first kappa shape index (κ1) is 15.2. The smallest absolute Gasteiger partial charge is 0.258 e. The molecule has 0 aliphatic carbocycles. The lowest BCUT2D eigenvalue weighted by atomic mass is 10.2. The summed E-state index contributed by atoms with van der Waals surface area (Å²) in [5.74, 6) is 0.662. The summed E-state index contributed by atoms with van der Waals surface area (Å²) in [5, 5.41) is 14.7. The molecule has 0 saturated carbocycles. The summed E-state index contributed by atoms with van der Waals surface area (Å²) < 4.78 is 28.0. The molecule has 0 aliphatic heterocycles. The fourth-order valence-electron chi connectivity index (χ4n) is 2.62. The van der Waals surface area contributed by atoms with E-state index < -0.39 is 13.0 Å². The predicted molar refractivity (Wildman–Crippen MR) is 87.3 cm³/mol. The highest BCUT2D eigenvalue weighted by Gasteiger charge is 2.16. The van der Waals surface area contributed by atoms with Gasteiger partial charge in [0, 0.05) is 18.8 Å². The van der Waals surface area contributed by atoms with Crippen LogP contribution in [-0.2, 0) is 6.54 Å². The highest BCUT2D eigenvalue weighted by atomic mass is 19.3. The number of hydrogen-bond donors (Lipinski definition) is 2. The van der Waals surface area contributed by atoms with E-state index in [2.05, 4.69) is 30.7 Å². The van der Waals surface area contributed by atoms with Gasteiger partial charge in [-0.3, -0.25) is 0 Å². The summed E-state index contributed by atoms with van der Waals surface area (Å²) in [6.07, 6.45) is -0.820. The van der Waals surface area contributed by atoms with Gasteiger partial charge < -0.3 is 11.1 Å². The van der Waals surface area contributed by atoms with Crippen LogP contribution < -0.4 is 11.1 Å². The quantitative estimate of drug-likeness (QED) is 0.575. The van der Waals surface area contributed by atoms with Crippen molar-refractivity contribution in [2.24, 2.45) is 0 Å². The van der Waals surface area contributed by atoms with Crippen LogP contribution in [0.5, 0.6) is 0 Å². The van der Waals surface area contributed by atoms with Crippen molar-refractivity contribution in [1.29, 1.82) is 0 Å². The highest BCUT2D eigenvalue weighted by Crippen LogP contribution is 2.28. The largest absolute Gasteiger partial charge is 0.382 e. The Kier molecular flexibility index (Phi) is 3.41. The molecule has 4 aromatic rings. The first-order chi connectivity index (χ1) is 12.1. The number of hydrogen-bond acceptors (Lipinski definition) is 7. The van der Waals surface area contributed by atoms with Crippen molar-refractivity contribution < 1.29 is 8.78 Å². The number of halogens is 2. The van der Waals surface area contributed by atoms with E-state index in [9.17, 15) is 8.78 Å². The van der Waals surface area contributed by atoms with Crippen molar-refractivity contribution in [3.05, 3.63) is 24.4 Å². The van der Waals surface area contributed by atoms with Gasteiger partial charge in [0.2, 0.25) is 5.95 Å². The topological polar surface area (TPSA) is 112 Å². The van der Waals surface area contributed by atoms with E-state index >= 15 is 0 Å². The fraction of sp³-hybridized carbons (Fsp3) is 0.214. The number of nitrogens with two attached hydrogens (primary N) is 1. The molecule has 0 spiro atoms. The van der Waals surface area contributed by atoms with Gasteiger partial charge in [-0.05, 0) is 18.2 Å². The minimum Gasteiger partial charge on any atom is -0.382 e. The van der Waals surface area contributed by atoms with E-state index in [-0.39, 0.29) is 11.5 Å². The molecule has 9 nitrogen and oxygen atoms in total. The highest BCUT2D eigenvalue weighted by molar-refractivity contribution is 5.88. The van der Waals surface area contributed by atoms with Crippen molar-refractivity contribution in [2.75, 3.05) is 18.1 Å². The van der Waals surface area contributed by atoms with Gasteiger partial charge in [0.15, 0.2) is 11.5 Å². The van der Waals surface area contributed by atoms with Gasteiger partial charge in [0.05, 0.1) is 5.69 Å². The summed E-state index contributed by atoms with van der Waals surface area (Å²) >= 11 is 0. The third kappa shape index (κ3) is 2.49. The van der Waals surface area contributed by atoms with E-state index in [4.69, 9.17) is 5.73 Å². The predicted octanol–water partition coefficient (Wildman–Crippen LogP) is 1.42. The average molecular weight is 345 g/mol. The van der Waals surface area contributed by atoms with Crippen LogP contribution in [0.2, 0.25) is 0 Å². The minimum atomic E-state index is -2.55. The molecule has 0 bridgehead atoms. The van der Waals surface area contributed by atoms with Crippen molar-refractivity contribution in [3.8, 4) is 11.3 Å². The number of rotatable bonds is 4. The van der Waals surface area contributed by atoms with Gasteiger partial charge in [-0.25, -0.2) is 23.0 Å². The summed E-state index contributed by atoms with van der Waals surface area (Å²) in [5.41, 5.74) is 8.57. The van der Waals surface area contributed by atoms with Crippen molar-refractivity contribution in [3.63, 3.8) is 0 Å². The molecular weight excluding hydrogens is 332 g/mol. The van der Waals surface area contributed by atoms with Crippen LogP contribution in [0, 0.1) is 0 Å². The second kappa shape index (κ2) is 5.61. The molecule has 0 unspecified atom stereocenters. The third-order valence-electron chi connectivity index (χ3n) is 3.71. The number of nitrogens with zero attached hydrogens (tertiary/aromatic N) is 7. The molecule has 0 amide bonds. The first-order valence-corrected chi connectivity index (χ1v) is 7.38. The van der Waals surface area contributed by atoms with Gasteiger partial charge in [0.1, 0.15) is 17.6 Å². The molecule has 0 saturated heterocycles. The van der Waals surface area contributed by atoms with Gasteiger partial charge in [-0.2, -0.15) is 4.98 Å². The van der Waals surface area contributed by atoms with Crippen LogP contribution in [0.25, 0.3) is 27.9 Å². The van der Waals surface area contributed by atoms with Crippen molar-refractivity contribution in [1.82, 2.24) is 34.6 Å². The maximum Gasteiger partial charge on any atom is 0.258 e. The summed E-state index contributed by atoms with van der Waals surface area (Å²) in [6.45, 7) is -0.569. The van der Waals surface area contributed by atoms with E-state index in [1.807, 2.05) is 0 Å². The van der Waals surface area contributed by atoms with E-state index in [1.54, 1.807) is 36.0 Å². The van der Waals surface area contributed by atoms with Crippen LogP contribution in [0.4, 0.5) is 20.5 Å². The van der Waals surface area contributed by atoms with Gasteiger partial charge >= 0.3 is 0 Å². The second-order valence-corrected chi connectivity index (χ2v) is 5.30. The minimum absolute atomic E-state index is 0.278. The molecule has 0 aliphatic rings. The Labute approximate surface area is 139 Å². The van der Waals surface area contributed by atoms with Gasteiger partial charge in [-0.1, -0.05) is 5.21 Å². The van der Waals surface area contributed by atoms with Crippen LogP contribution in [0.1, 0.15) is 0 Å². The Balaban J connectivity index is 1.88. The van der Waals surface area contributed by atoms with Crippen LogP contribution in [-0.4, -0.2) is 48.0 Å². The summed E-state index contributed by atoms with van der Waals surface area (Å²) in [7, 11) is 1.69. The van der Waals surface area contributed by atoms with Crippen molar-refractivity contribution >= 4 is 28.4 Å². The number of fused-ring (bicyclic) bond motifs is 2. The number of nitrogens with one attached hydrogen (secondary N) is 1. The molecule has 4 heterocycles. The normalized spacial score (nSPS) is 11.7. The second-order valence-electron chi connectivity index (χ2n) is 5.30. The van der Waals surface area contributed by atoms with Crippen LogP contribution in [0.3, 0.4) is 0 Å². The van der Waals surface area contributed by atoms with Gasteiger partial charge in [0.25, 0.3) is 6.43 Å². The molecule has 0 fully saturated rings. The fourth-order valence-corrected chi connectivity index (χ4v) is 2.62. The zero-order chi connectivity index (χ0) is 17.6. The third-order valence-corrected chi connectivity index (χ3v) is 3.71. The number of anilines is 2. The summed E-state index contributed by atoms with van der Waals surface area (Å²) in [6, 6.07) is 5.19. The molecule has 128 valence electrons. The van der Waals surface area contributed by atoms with Crippen LogP contribution >= 0.6 is 0 Å². The SMILES string of the molecule is CNc1nc(N)c2c(-c3ccc4nnn(CC(F)F)c4n3)ccn2n1. The summed E-state index contributed by atoms with van der Waals surface area (Å²) in [4.78, 5) is 8.59. The maximum atomic E-state index is 12.7. The van der Waals surface area contributed by atoms with E-state index in [0.717, 1.165) is 4.68 Å². The van der Waals surface area contributed by atoms with Crippen LogP contribution in [0.15, 0.2) is 24.4 Å². The lowest BCUT2D eigenvalue weighted by Crippen LogP contribution is -2.09. The monoisotopic (exact) mass is 345 g/mol. The zero-order valence-corrected chi connectivity index (χ0v) is 13.1.